The van der Waals surface area contributed by atoms with Crippen LogP contribution in [0.5, 0.6) is 5.75 Å². The van der Waals surface area contributed by atoms with Gasteiger partial charge in [0, 0.05) is 17.0 Å². The molecule has 0 saturated carbocycles. The predicted molar refractivity (Wildman–Crippen MR) is 150 cm³/mol. The molecule has 0 aromatic heterocycles. The van der Waals surface area contributed by atoms with Crippen molar-refractivity contribution >= 4 is 35.2 Å². The van der Waals surface area contributed by atoms with Crippen LogP contribution in [0, 0.1) is 17.8 Å². The number of nitrogens with zero attached hydrogens (tertiary/aromatic N) is 1. The number of rotatable bonds is 12. The molecule has 3 aliphatic rings. The van der Waals surface area contributed by atoms with Crippen LogP contribution in [0.2, 0.25) is 0 Å². The minimum absolute atomic E-state index is 0.0384. The van der Waals surface area contributed by atoms with E-state index < -0.39 is 33.4 Å². The van der Waals surface area contributed by atoms with E-state index in [1.807, 2.05) is 32.9 Å². The lowest BCUT2D eigenvalue weighted by atomic mass is 9.66. The number of nitrogens with one attached hydrogen (secondary N) is 2. The van der Waals surface area contributed by atoms with Gasteiger partial charge in [-0.15, -0.1) is 11.8 Å². The van der Waals surface area contributed by atoms with Crippen LogP contribution >= 0.6 is 11.8 Å². The van der Waals surface area contributed by atoms with Gasteiger partial charge in [0.15, 0.2) is 0 Å². The third kappa shape index (κ3) is 4.92. The zero-order valence-electron chi connectivity index (χ0n) is 23.3. The molecule has 2 bridgehead atoms. The molecule has 3 fully saturated rings. The molecule has 6 atom stereocenters. The Balaban J connectivity index is 1.65. The third-order valence-corrected chi connectivity index (χ3v) is 10.6. The van der Waals surface area contributed by atoms with Gasteiger partial charge in [0.2, 0.25) is 17.7 Å². The number of unbranched alkanes of at least 4 members (excludes halogenated alkanes) is 2. The number of hydrogen-bond acceptors (Lipinski definition) is 6. The molecule has 38 heavy (non-hydrogen) atoms. The number of likely N-dealkylation sites (tertiary alicyclic amines) is 1. The van der Waals surface area contributed by atoms with Crippen LogP contribution in [-0.2, 0) is 14.4 Å². The van der Waals surface area contributed by atoms with Crippen LogP contribution in [0.4, 0.5) is 5.69 Å². The Bertz CT molecular complexity index is 1030. The number of amides is 3. The Hall–Kier alpha value is -2.26. The van der Waals surface area contributed by atoms with Gasteiger partial charge in [-0.3, -0.25) is 14.4 Å². The number of thioether (sulfide) groups is 1. The second-order valence-corrected chi connectivity index (χ2v) is 13.3. The summed E-state index contributed by atoms with van der Waals surface area (Å²) < 4.78 is 4.37. The van der Waals surface area contributed by atoms with Crippen molar-refractivity contribution in [3.8, 4) is 5.75 Å². The number of hydrogen-bond donors (Lipinski definition) is 3. The Morgan fingerprint density at radius 3 is 2.47 bits per heavy atom. The number of ether oxygens (including phenoxy) is 1. The highest BCUT2D eigenvalue weighted by Crippen LogP contribution is 2.71. The molecule has 4 rings (SSSR count). The fourth-order valence-corrected chi connectivity index (χ4v) is 9.09. The van der Waals surface area contributed by atoms with Gasteiger partial charge in [-0.25, -0.2) is 0 Å². The van der Waals surface area contributed by atoms with Gasteiger partial charge in [-0.2, -0.15) is 0 Å². The van der Waals surface area contributed by atoms with E-state index in [9.17, 15) is 19.5 Å². The van der Waals surface area contributed by atoms with Crippen LogP contribution in [0.1, 0.15) is 66.7 Å². The minimum Gasteiger partial charge on any atom is -0.494 e. The van der Waals surface area contributed by atoms with Crippen LogP contribution < -0.4 is 15.4 Å². The molecule has 210 valence electrons. The summed E-state index contributed by atoms with van der Waals surface area (Å²) in [7, 11) is 0. The number of anilines is 1. The summed E-state index contributed by atoms with van der Waals surface area (Å²) >= 11 is 1.65. The quantitative estimate of drug-likeness (QED) is 0.345. The van der Waals surface area contributed by atoms with Crippen molar-refractivity contribution in [2.75, 3.05) is 25.1 Å². The van der Waals surface area contributed by atoms with Gasteiger partial charge < -0.3 is 25.4 Å². The van der Waals surface area contributed by atoms with Gasteiger partial charge in [0.05, 0.1) is 35.8 Å². The predicted octanol–water partition coefficient (Wildman–Crippen LogP) is 3.83. The van der Waals surface area contributed by atoms with Crippen molar-refractivity contribution in [2.45, 2.75) is 88.3 Å². The first-order valence-electron chi connectivity index (χ1n) is 14.1. The summed E-state index contributed by atoms with van der Waals surface area (Å²) in [5.41, 5.74) is 0.645. The monoisotopic (exact) mass is 545 g/mol. The van der Waals surface area contributed by atoms with Gasteiger partial charge in [-0.1, -0.05) is 33.6 Å². The standard InChI is InChI=1S/C29H43N3O5S/c1-6-8-9-16-30-26(35)24-29-15-14-28(5,38-29)22(23(29)27(36)32(24)21(17-33)18(3)4)25(34)31-19-10-12-20(13-11-19)37-7-2/h10-13,18,21-24,33H,6-9,14-17H2,1-5H3,(H,30,35)(H,31,34)/t21-,22+,23-,24?,28-,29?/m0/s1. The average molecular weight is 546 g/mol. The minimum atomic E-state index is -0.712. The van der Waals surface area contributed by atoms with Crippen molar-refractivity contribution in [3.05, 3.63) is 24.3 Å². The number of fused-ring (bicyclic) bond motifs is 1. The van der Waals surface area contributed by atoms with E-state index in [0.717, 1.165) is 31.4 Å². The number of carbonyl (C=O) groups is 3. The maximum atomic E-state index is 14.2. The largest absolute Gasteiger partial charge is 0.494 e. The fraction of sp³-hybridized carbons (Fsp3) is 0.690. The van der Waals surface area contributed by atoms with E-state index in [4.69, 9.17) is 4.74 Å². The molecule has 3 amide bonds. The van der Waals surface area contributed by atoms with Crippen LogP contribution in [-0.4, -0.2) is 69.1 Å². The van der Waals surface area contributed by atoms with Crippen molar-refractivity contribution in [1.82, 2.24) is 10.2 Å². The SMILES string of the molecule is CCCCCNC(=O)C1N([C@@H](CO)C(C)C)C(=O)[C@@H]2[C@H](C(=O)Nc3ccc(OCC)cc3)[C@]3(C)CCC12S3. The Morgan fingerprint density at radius 2 is 1.87 bits per heavy atom. The van der Waals surface area contributed by atoms with Crippen molar-refractivity contribution in [3.63, 3.8) is 0 Å². The highest BCUT2D eigenvalue weighted by Gasteiger charge is 2.77. The van der Waals surface area contributed by atoms with E-state index in [1.54, 1.807) is 28.8 Å². The molecule has 3 heterocycles. The smallest absolute Gasteiger partial charge is 0.244 e. The molecule has 8 nitrogen and oxygen atoms in total. The maximum Gasteiger partial charge on any atom is 0.244 e. The molecule has 0 radical (unpaired) electrons. The Kier molecular flexibility index (Phi) is 8.67. The van der Waals surface area contributed by atoms with E-state index >= 15 is 0 Å². The molecule has 1 aromatic rings. The molecular formula is C29H43N3O5S. The summed E-state index contributed by atoms with van der Waals surface area (Å²) in [6, 6.07) is 6.03. The first kappa shape index (κ1) is 28.7. The van der Waals surface area contributed by atoms with Crippen molar-refractivity contribution in [2.24, 2.45) is 17.8 Å². The third-order valence-electron chi connectivity index (χ3n) is 8.57. The molecular weight excluding hydrogens is 502 g/mol. The van der Waals surface area contributed by atoms with Gasteiger partial charge >= 0.3 is 0 Å². The molecule has 2 unspecified atom stereocenters. The second kappa shape index (κ2) is 11.5. The van der Waals surface area contributed by atoms with Crippen LogP contribution in [0.15, 0.2) is 24.3 Å². The number of aliphatic hydroxyl groups is 1. The van der Waals surface area contributed by atoms with Gasteiger partial charge in [0.1, 0.15) is 11.8 Å². The molecule has 3 aliphatic heterocycles. The topological polar surface area (TPSA) is 108 Å². The molecule has 3 N–H and O–H groups in total. The normalized spacial score (nSPS) is 30.4. The summed E-state index contributed by atoms with van der Waals surface area (Å²) in [5.74, 6) is -1.05. The molecule has 3 saturated heterocycles. The van der Waals surface area contributed by atoms with E-state index in [-0.39, 0.29) is 30.2 Å². The summed E-state index contributed by atoms with van der Waals surface area (Å²) in [5, 5.41) is 16.4. The number of benzene rings is 1. The Morgan fingerprint density at radius 1 is 1.16 bits per heavy atom. The van der Waals surface area contributed by atoms with Gasteiger partial charge in [-0.05, 0) is 63.3 Å². The average Bonchev–Trinajstić information content (AvgIpc) is 3.44. The van der Waals surface area contributed by atoms with Crippen LogP contribution in [0.3, 0.4) is 0 Å². The molecule has 1 aromatic carbocycles. The maximum absolute atomic E-state index is 14.2. The number of aliphatic hydroxyl groups excluding tert-OH is 1. The lowest BCUT2D eigenvalue weighted by Crippen LogP contribution is -2.57. The zero-order valence-corrected chi connectivity index (χ0v) is 24.1. The summed E-state index contributed by atoms with van der Waals surface area (Å²) in [4.78, 5) is 43.5. The van der Waals surface area contributed by atoms with Crippen molar-refractivity contribution in [1.29, 1.82) is 0 Å². The Labute approximate surface area is 230 Å². The lowest BCUT2D eigenvalue weighted by Gasteiger charge is -2.38. The zero-order chi connectivity index (χ0) is 27.7. The number of carbonyl (C=O) groups excluding carboxylic acids is 3. The highest BCUT2D eigenvalue weighted by molar-refractivity contribution is 8.02. The molecule has 0 aliphatic carbocycles. The molecule has 9 heteroatoms. The lowest BCUT2D eigenvalue weighted by molar-refractivity contribution is -0.143. The summed E-state index contributed by atoms with van der Waals surface area (Å²) in [6.45, 7) is 10.9. The van der Waals surface area contributed by atoms with E-state index in [0.29, 0.717) is 25.3 Å². The fourth-order valence-electron chi connectivity index (χ4n) is 6.75. The molecule has 1 spiro atoms. The van der Waals surface area contributed by atoms with E-state index in [1.165, 1.54) is 0 Å². The van der Waals surface area contributed by atoms with Crippen LogP contribution in [0.25, 0.3) is 0 Å². The van der Waals surface area contributed by atoms with Crippen molar-refractivity contribution < 1.29 is 24.2 Å². The highest BCUT2D eigenvalue weighted by atomic mass is 32.2. The second-order valence-electron chi connectivity index (χ2n) is 11.4. The first-order chi connectivity index (χ1) is 18.1. The van der Waals surface area contributed by atoms with E-state index in [2.05, 4.69) is 24.5 Å². The first-order valence-corrected chi connectivity index (χ1v) is 14.9. The van der Waals surface area contributed by atoms with Gasteiger partial charge in [0.25, 0.3) is 0 Å². The summed E-state index contributed by atoms with van der Waals surface area (Å²) in [6.07, 6.45) is 4.40.